The molecule has 0 aliphatic rings. The van der Waals surface area contributed by atoms with E-state index in [0.717, 1.165) is 38.0 Å². The summed E-state index contributed by atoms with van der Waals surface area (Å²) in [6.07, 6.45) is 17.2. The number of hydrogen-bond acceptors (Lipinski definition) is 3. The monoisotopic (exact) mass is 552 g/mol. The average molecular weight is 553 g/mol. The van der Waals surface area contributed by atoms with Crippen molar-refractivity contribution in [1.82, 2.24) is 0 Å². The molecule has 2 rings (SSSR count). The van der Waals surface area contributed by atoms with E-state index < -0.39 is 6.29 Å². The van der Waals surface area contributed by atoms with Gasteiger partial charge in [-0.15, -0.1) is 0 Å². The second-order valence-corrected chi connectivity index (χ2v) is 12.1. The number of likely N-dealkylation sites (N-methyl/N-ethyl adjacent to an activating group) is 1. The predicted molar refractivity (Wildman–Crippen MR) is 168 cm³/mol. The number of benzene rings is 2. The Morgan fingerprint density at radius 3 is 1.93 bits per heavy atom. The van der Waals surface area contributed by atoms with Crippen LogP contribution in [0.15, 0.2) is 54.6 Å². The third-order valence-corrected chi connectivity index (χ3v) is 7.87. The Morgan fingerprint density at radius 2 is 1.30 bits per heavy atom. The Hall–Kier alpha value is -2.33. The fraction of sp³-hybridized carbons (Fsp3) is 0.639. The van der Waals surface area contributed by atoms with E-state index in [2.05, 4.69) is 77.3 Å². The zero-order chi connectivity index (χ0) is 29.1. The number of carbonyl (C=O) groups is 1. The lowest BCUT2D eigenvalue weighted by Gasteiger charge is -2.37. The number of aryl methyl sites for hydroxylation is 1. The van der Waals surface area contributed by atoms with Gasteiger partial charge >= 0.3 is 5.97 Å². The molecular weight excluding hydrogens is 494 g/mol. The van der Waals surface area contributed by atoms with Crippen molar-refractivity contribution in [2.24, 2.45) is 0 Å². The summed E-state index contributed by atoms with van der Waals surface area (Å²) in [4.78, 5) is 13.5. The second kappa shape index (κ2) is 19.7. The van der Waals surface area contributed by atoms with Crippen molar-refractivity contribution in [3.63, 3.8) is 0 Å². The Kier molecular flexibility index (Phi) is 16.7. The van der Waals surface area contributed by atoms with E-state index in [1.165, 1.54) is 75.3 Å². The largest absolute Gasteiger partial charge is 0.455 e. The first-order valence-corrected chi connectivity index (χ1v) is 16.2. The van der Waals surface area contributed by atoms with Crippen LogP contribution < -0.4 is 4.74 Å². The highest BCUT2D eigenvalue weighted by atomic mass is 16.7. The molecule has 0 amide bonds. The number of esters is 1. The van der Waals surface area contributed by atoms with Gasteiger partial charge < -0.3 is 14.0 Å². The molecule has 0 fully saturated rings. The molecule has 2 atom stereocenters. The van der Waals surface area contributed by atoms with Gasteiger partial charge in [-0.3, -0.25) is 0 Å². The summed E-state index contributed by atoms with van der Waals surface area (Å²) in [7, 11) is 4.25. The number of rotatable bonds is 22. The zero-order valence-corrected chi connectivity index (χ0v) is 26.3. The lowest BCUT2D eigenvalue weighted by molar-refractivity contribution is -0.920. The average Bonchev–Trinajstić information content (AvgIpc) is 2.93. The highest BCUT2D eigenvalue weighted by Gasteiger charge is 2.37. The highest BCUT2D eigenvalue weighted by Crippen LogP contribution is 2.23. The molecule has 2 unspecified atom stereocenters. The minimum Gasteiger partial charge on any atom is -0.455 e. The maximum absolute atomic E-state index is 13.5. The van der Waals surface area contributed by atoms with Gasteiger partial charge in [0.15, 0.2) is 6.04 Å². The Morgan fingerprint density at radius 1 is 0.700 bits per heavy atom. The van der Waals surface area contributed by atoms with Crippen molar-refractivity contribution in [2.45, 2.75) is 136 Å². The van der Waals surface area contributed by atoms with Crippen LogP contribution in [-0.2, 0) is 22.5 Å². The van der Waals surface area contributed by atoms with Crippen LogP contribution in [0.4, 0.5) is 0 Å². The maximum Gasteiger partial charge on any atom is 0.368 e. The molecule has 0 saturated heterocycles. The number of carbonyl (C=O) groups excluding carboxylic acids is 1. The molecule has 224 valence electrons. The van der Waals surface area contributed by atoms with Crippen molar-refractivity contribution in [3.05, 3.63) is 65.7 Å². The molecule has 0 N–H and O–H groups in total. The summed E-state index contributed by atoms with van der Waals surface area (Å²) in [5.74, 6) is 0.628. The van der Waals surface area contributed by atoms with Crippen molar-refractivity contribution in [3.8, 4) is 5.75 Å². The van der Waals surface area contributed by atoms with E-state index >= 15 is 0 Å². The van der Waals surface area contributed by atoms with Gasteiger partial charge in [0.2, 0.25) is 6.29 Å². The Balaban J connectivity index is 1.87. The molecule has 2 aromatic rings. The van der Waals surface area contributed by atoms with E-state index in [0.29, 0.717) is 10.9 Å². The molecule has 0 aromatic heterocycles. The van der Waals surface area contributed by atoms with Crippen molar-refractivity contribution in [1.29, 1.82) is 0 Å². The number of nitrogens with zero attached hydrogens (tertiary/aromatic N) is 1. The summed E-state index contributed by atoms with van der Waals surface area (Å²) < 4.78 is 12.9. The molecule has 2 aromatic carbocycles. The molecular formula is C36H58NO3+. The topological polar surface area (TPSA) is 35.5 Å². The third kappa shape index (κ3) is 13.4. The molecule has 0 aliphatic carbocycles. The summed E-state index contributed by atoms with van der Waals surface area (Å²) in [5.41, 5.74) is 2.52. The number of ether oxygens (including phenoxy) is 2. The molecule has 0 saturated carbocycles. The molecule has 4 heteroatoms. The fourth-order valence-electron chi connectivity index (χ4n) is 5.52. The zero-order valence-electron chi connectivity index (χ0n) is 26.3. The van der Waals surface area contributed by atoms with E-state index in [-0.39, 0.29) is 12.0 Å². The first-order valence-electron chi connectivity index (χ1n) is 16.2. The number of quaternary nitrogens is 1. The lowest BCUT2D eigenvalue weighted by atomic mass is 10.0. The highest BCUT2D eigenvalue weighted by molar-refractivity contribution is 5.74. The minimum atomic E-state index is -0.568. The van der Waals surface area contributed by atoms with Crippen LogP contribution in [0.3, 0.4) is 0 Å². The van der Waals surface area contributed by atoms with Gasteiger partial charge in [-0.1, -0.05) is 121 Å². The van der Waals surface area contributed by atoms with Crippen LogP contribution >= 0.6 is 0 Å². The summed E-state index contributed by atoms with van der Waals surface area (Å²) in [5, 5.41) is 0. The first kappa shape index (κ1) is 33.9. The van der Waals surface area contributed by atoms with Crippen LogP contribution in [0.5, 0.6) is 5.75 Å². The summed E-state index contributed by atoms with van der Waals surface area (Å²) in [6.45, 7) is 7.28. The molecule has 4 nitrogen and oxygen atoms in total. The van der Waals surface area contributed by atoms with Crippen LogP contribution in [0, 0.1) is 0 Å². The van der Waals surface area contributed by atoms with Gasteiger partial charge in [-0.25, -0.2) is 4.79 Å². The molecule has 0 heterocycles. The SMILES string of the molecule is CCCCCCCCCCCCc1cccc(OC(CCC)OC(=O)C(CCC)[N+](C)(C)Cc2ccccc2)c1. The first-order chi connectivity index (χ1) is 19.4. The normalized spacial score (nSPS) is 13.1. The van der Waals surface area contributed by atoms with Crippen LogP contribution in [0.1, 0.15) is 122 Å². The summed E-state index contributed by atoms with van der Waals surface area (Å²) >= 11 is 0. The van der Waals surface area contributed by atoms with Crippen LogP contribution in [0.25, 0.3) is 0 Å². The molecule has 0 aliphatic heterocycles. The number of hydrogen-bond donors (Lipinski definition) is 0. The van der Waals surface area contributed by atoms with Gasteiger partial charge in [0.25, 0.3) is 0 Å². The van der Waals surface area contributed by atoms with E-state index in [1.54, 1.807) is 0 Å². The quantitative estimate of drug-likeness (QED) is 0.0631. The van der Waals surface area contributed by atoms with Crippen molar-refractivity contribution >= 4 is 5.97 Å². The molecule has 0 spiro atoms. The minimum absolute atomic E-state index is 0.164. The van der Waals surface area contributed by atoms with Gasteiger partial charge in [0.1, 0.15) is 12.3 Å². The molecule has 40 heavy (non-hydrogen) atoms. The van der Waals surface area contributed by atoms with E-state index in [1.807, 2.05) is 12.1 Å². The van der Waals surface area contributed by atoms with Crippen LogP contribution in [0.2, 0.25) is 0 Å². The smallest absolute Gasteiger partial charge is 0.368 e. The van der Waals surface area contributed by atoms with Gasteiger partial charge in [0.05, 0.1) is 14.1 Å². The third-order valence-electron chi connectivity index (χ3n) is 7.87. The van der Waals surface area contributed by atoms with Gasteiger partial charge in [0, 0.05) is 18.4 Å². The maximum atomic E-state index is 13.5. The van der Waals surface area contributed by atoms with E-state index in [9.17, 15) is 4.79 Å². The second-order valence-electron chi connectivity index (χ2n) is 12.1. The van der Waals surface area contributed by atoms with E-state index in [4.69, 9.17) is 9.47 Å². The standard InChI is InChI=1S/C36H58NO3/c1-6-9-10-11-12-13-14-15-16-18-24-31-27-21-28-33(29-31)39-35(23-8-3)40-36(38)34(22-7-2)37(4,5)30-32-25-19-17-20-26-32/h17,19-21,25-29,34-35H,6-16,18,22-24,30H2,1-5H3/q+1. The fourth-order valence-corrected chi connectivity index (χ4v) is 5.52. The predicted octanol–water partition coefficient (Wildman–Crippen LogP) is 9.64. The lowest BCUT2D eigenvalue weighted by Crippen LogP contribution is -2.53. The Bertz CT molecular complexity index is 927. The summed E-state index contributed by atoms with van der Waals surface area (Å²) in [6, 6.07) is 18.5. The Labute approximate surface area is 246 Å². The molecule has 0 bridgehead atoms. The van der Waals surface area contributed by atoms with Gasteiger partial charge in [-0.05, 0) is 43.4 Å². The van der Waals surface area contributed by atoms with Crippen molar-refractivity contribution < 1.29 is 18.8 Å². The molecule has 0 radical (unpaired) electrons. The van der Waals surface area contributed by atoms with Crippen molar-refractivity contribution in [2.75, 3.05) is 14.1 Å². The van der Waals surface area contributed by atoms with Gasteiger partial charge in [-0.2, -0.15) is 0 Å². The van der Waals surface area contributed by atoms with Crippen LogP contribution in [-0.4, -0.2) is 36.9 Å². The number of unbranched alkanes of at least 4 members (excludes halogenated alkanes) is 9.